The zero-order valence-corrected chi connectivity index (χ0v) is 19.0. The van der Waals surface area contributed by atoms with Crippen molar-refractivity contribution in [3.05, 3.63) is 86.3 Å². The second kappa shape index (κ2) is 9.15. The number of aliphatic hydroxyl groups is 1. The molecule has 0 saturated carbocycles. The third-order valence-corrected chi connectivity index (χ3v) is 5.92. The van der Waals surface area contributed by atoms with Gasteiger partial charge in [0.1, 0.15) is 12.4 Å². The van der Waals surface area contributed by atoms with Gasteiger partial charge in [-0.1, -0.05) is 38.1 Å². The van der Waals surface area contributed by atoms with Gasteiger partial charge < -0.3 is 5.11 Å². The van der Waals surface area contributed by atoms with Crippen LogP contribution in [-0.4, -0.2) is 25.8 Å². The summed E-state index contributed by atoms with van der Waals surface area (Å²) >= 11 is 0. The van der Waals surface area contributed by atoms with Crippen molar-refractivity contribution in [2.45, 2.75) is 39.3 Å². The number of hydrogen-bond donors (Lipinski definition) is 2. The number of halogens is 1. The van der Waals surface area contributed by atoms with E-state index in [1.54, 1.807) is 19.2 Å². The maximum absolute atomic E-state index is 13.5. The van der Waals surface area contributed by atoms with E-state index in [0.717, 1.165) is 21.3 Å². The van der Waals surface area contributed by atoms with Gasteiger partial charge in [0.25, 0.3) is 17.0 Å². The number of benzene rings is 2. The lowest BCUT2D eigenvalue weighted by Gasteiger charge is -2.08. The van der Waals surface area contributed by atoms with Crippen molar-refractivity contribution < 1.29 is 14.1 Å². The van der Waals surface area contributed by atoms with Gasteiger partial charge in [0.2, 0.25) is 0 Å². The van der Waals surface area contributed by atoms with Gasteiger partial charge in [0.05, 0.1) is 5.56 Å². The molecule has 0 fully saturated rings. The van der Waals surface area contributed by atoms with Crippen LogP contribution in [0.5, 0.6) is 0 Å². The first kappa shape index (κ1) is 22.7. The Bertz CT molecular complexity index is 1410. The van der Waals surface area contributed by atoms with E-state index in [1.165, 1.54) is 16.7 Å². The molecule has 8 heteroatoms. The number of imidazole rings is 1. The fourth-order valence-electron chi connectivity index (χ4n) is 4.06. The summed E-state index contributed by atoms with van der Waals surface area (Å²) in [6.45, 7) is 4.54. The SMILES string of the molecule is CC(C)c1cccc(-c2[nH]c3c(c(=O)n(CCCO)c(=O)n3C)[n+]2Cc2ccc(F)cc2)c1. The maximum Gasteiger partial charge on any atom is 0.334 e. The fourth-order valence-corrected chi connectivity index (χ4v) is 4.06. The minimum atomic E-state index is -0.446. The molecule has 0 aliphatic heterocycles. The maximum atomic E-state index is 13.5. The smallest absolute Gasteiger partial charge is 0.334 e. The molecule has 2 heterocycles. The quantitative estimate of drug-likeness (QED) is 0.424. The highest BCUT2D eigenvalue weighted by atomic mass is 19.1. The molecule has 4 aromatic rings. The Morgan fingerprint density at radius 1 is 1.12 bits per heavy atom. The van der Waals surface area contributed by atoms with E-state index in [9.17, 15) is 19.1 Å². The Morgan fingerprint density at radius 3 is 2.52 bits per heavy atom. The number of aromatic nitrogens is 4. The number of nitrogens with one attached hydrogen (secondary N) is 1. The molecule has 0 spiro atoms. The summed E-state index contributed by atoms with van der Waals surface area (Å²) in [7, 11) is 1.62. The van der Waals surface area contributed by atoms with Crippen molar-refractivity contribution in [2.24, 2.45) is 7.05 Å². The number of fused-ring (bicyclic) bond motifs is 1. The summed E-state index contributed by atoms with van der Waals surface area (Å²) in [5.41, 5.74) is 2.74. The van der Waals surface area contributed by atoms with E-state index >= 15 is 0 Å². The van der Waals surface area contributed by atoms with Crippen LogP contribution in [0, 0.1) is 5.82 Å². The number of rotatable bonds is 7. The van der Waals surface area contributed by atoms with Crippen LogP contribution in [0.2, 0.25) is 0 Å². The van der Waals surface area contributed by atoms with Crippen molar-refractivity contribution in [2.75, 3.05) is 6.61 Å². The first-order valence-electron chi connectivity index (χ1n) is 11.0. The summed E-state index contributed by atoms with van der Waals surface area (Å²) in [6, 6.07) is 14.2. The second-order valence-electron chi connectivity index (χ2n) is 8.54. The molecule has 0 aliphatic carbocycles. The van der Waals surface area contributed by atoms with Gasteiger partial charge in [0, 0.05) is 20.2 Å². The average Bonchev–Trinajstić information content (AvgIpc) is 3.18. The second-order valence-corrected chi connectivity index (χ2v) is 8.54. The molecule has 0 atom stereocenters. The van der Waals surface area contributed by atoms with Gasteiger partial charge in [-0.3, -0.25) is 13.9 Å². The van der Waals surface area contributed by atoms with Crippen LogP contribution in [0.25, 0.3) is 22.6 Å². The molecule has 2 aromatic carbocycles. The zero-order chi connectivity index (χ0) is 23.7. The number of aromatic amines is 1. The molecule has 172 valence electrons. The first-order valence-corrected chi connectivity index (χ1v) is 11.0. The molecule has 0 amide bonds. The van der Waals surface area contributed by atoms with E-state index in [4.69, 9.17) is 0 Å². The number of hydrogen-bond acceptors (Lipinski definition) is 3. The van der Waals surface area contributed by atoms with Crippen molar-refractivity contribution in [3.8, 4) is 11.4 Å². The molecule has 0 aliphatic rings. The molecule has 0 bridgehead atoms. The minimum Gasteiger partial charge on any atom is -0.396 e. The van der Waals surface area contributed by atoms with Crippen LogP contribution in [-0.2, 0) is 20.1 Å². The molecule has 7 nitrogen and oxygen atoms in total. The molecular formula is C25H28FN4O3+. The Balaban J connectivity index is 2.02. The monoisotopic (exact) mass is 451 g/mol. The summed E-state index contributed by atoms with van der Waals surface area (Å²) < 4.78 is 17.9. The molecule has 4 rings (SSSR count). The zero-order valence-electron chi connectivity index (χ0n) is 19.0. The minimum absolute atomic E-state index is 0.121. The topological polar surface area (TPSA) is 83.9 Å². The highest BCUT2D eigenvalue weighted by Gasteiger charge is 2.28. The largest absolute Gasteiger partial charge is 0.396 e. The highest BCUT2D eigenvalue weighted by molar-refractivity contribution is 5.70. The van der Waals surface area contributed by atoms with E-state index in [1.807, 2.05) is 16.7 Å². The van der Waals surface area contributed by atoms with Crippen molar-refractivity contribution in [1.82, 2.24) is 14.1 Å². The lowest BCUT2D eigenvalue weighted by Crippen LogP contribution is -2.45. The summed E-state index contributed by atoms with van der Waals surface area (Å²) in [5.74, 6) is 0.671. The van der Waals surface area contributed by atoms with Crippen molar-refractivity contribution in [1.29, 1.82) is 0 Å². The van der Waals surface area contributed by atoms with Gasteiger partial charge in [0.15, 0.2) is 0 Å². The van der Waals surface area contributed by atoms with Gasteiger partial charge in [-0.25, -0.2) is 18.7 Å². The lowest BCUT2D eigenvalue weighted by atomic mass is 10.0. The van der Waals surface area contributed by atoms with E-state index in [0.29, 0.717) is 35.9 Å². The van der Waals surface area contributed by atoms with Gasteiger partial charge in [-0.15, -0.1) is 0 Å². The first-order chi connectivity index (χ1) is 15.8. The Morgan fingerprint density at radius 2 is 1.85 bits per heavy atom. The van der Waals surface area contributed by atoms with Crippen LogP contribution in [0.15, 0.2) is 58.1 Å². The van der Waals surface area contributed by atoms with Crippen LogP contribution < -0.4 is 15.8 Å². The van der Waals surface area contributed by atoms with Gasteiger partial charge >= 0.3 is 11.2 Å². The fraction of sp³-hybridized carbons (Fsp3) is 0.320. The normalized spacial score (nSPS) is 11.6. The highest BCUT2D eigenvalue weighted by Crippen LogP contribution is 2.23. The third-order valence-electron chi connectivity index (χ3n) is 5.92. The third kappa shape index (κ3) is 4.26. The molecular weight excluding hydrogens is 423 g/mol. The van der Waals surface area contributed by atoms with E-state index < -0.39 is 11.2 Å². The Labute approximate surface area is 190 Å². The van der Waals surface area contributed by atoms with E-state index in [2.05, 4.69) is 31.0 Å². The number of aliphatic hydroxyl groups excluding tert-OH is 1. The Kier molecular flexibility index (Phi) is 6.29. The summed E-state index contributed by atoms with van der Waals surface area (Å²) in [6.07, 6.45) is 0.298. The number of H-pyrrole nitrogens is 1. The molecule has 0 radical (unpaired) electrons. The molecule has 0 unspecified atom stereocenters. The van der Waals surface area contributed by atoms with Crippen LogP contribution in [0.3, 0.4) is 0 Å². The molecule has 33 heavy (non-hydrogen) atoms. The van der Waals surface area contributed by atoms with Gasteiger partial charge in [-0.2, -0.15) is 0 Å². The van der Waals surface area contributed by atoms with Crippen LogP contribution in [0.1, 0.15) is 37.3 Å². The van der Waals surface area contributed by atoms with Crippen LogP contribution in [0.4, 0.5) is 4.39 Å². The standard InChI is InChI=1S/C25H27FN4O3/c1-16(2)18-6-4-7-19(14-18)22-27-23-21(30(22)15-17-8-10-20(26)11-9-17)24(32)29(12-5-13-31)25(33)28(23)3/h4,6-11,14,16,31H,5,12-13,15H2,1-3H3/p+1. The molecule has 2 N–H and O–H groups in total. The Hall–Kier alpha value is -3.52. The lowest BCUT2D eigenvalue weighted by molar-refractivity contribution is -0.651. The van der Waals surface area contributed by atoms with Crippen molar-refractivity contribution in [3.63, 3.8) is 0 Å². The average molecular weight is 452 g/mol. The number of aryl methyl sites for hydroxylation is 1. The molecule has 0 saturated heterocycles. The predicted octanol–water partition coefficient (Wildman–Crippen LogP) is 2.68. The summed E-state index contributed by atoms with van der Waals surface area (Å²) in [5, 5.41) is 9.22. The van der Waals surface area contributed by atoms with Gasteiger partial charge in [-0.05, 0) is 47.7 Å². The van der Waals surface area contributed by atoms with Crippen molar-refractivity contribution >= 4 is 11.2 Å². The van der Waals surface area contributed by atoms with Crippen LogP contribution >= 0.6 is 0 Å². The van der Waals surface area contributed by atoms with E-state index in [-0.39, 0.29) is 19.0 Å². The number of nitrogens with zero attached hydrogens (tertiary/aromatic N) is 3. The predicted molar refractivity (Wildman–Crippen MR) is 125 cm³/mol. The molecule has 2 aromatic heterocycles. The summed E-state index contributed by atoms with van der Waals surface area (Å²) in [4.78, 5) is 29.6.